The Bertz CT molecular complexity index is 755. The standard InChI is InChI=1S/C22H31N3O3/c1-3-28-21(27)25-13-5-12-24(14-15-25)17-8-10-22(11-9-17)19-16(2)6-4-7-18(19)23-20(22)26/h4,6-7,17H,3,5,8-15H2,1-2H3,(H,23,26). The van der Waals surface area contributed by atoms with Crippen molar-refractivity contribution >= 4 is 17.7 Å². The summed E-state index contributed by atoms with van der Waals surface area (Å²) in [6.07, 6.45) is 4.64. The van der Waals surface area contributed by atoms with Crippen molar-refractivity contribution in [2.24, 2.45) is 0 Å². The van der Waals surface area contributed by atoms with Crippen LogP contribution in [0.25, 0.3) is 0 Å². The Morgan fingerprint density at radius 3 is 2.75 bits per heavy atom. The Morgan fingerprint density at radius 1 is 1.21 bits per heavy atom. The van der Waals surface area contributed by atoms with Gasteiger partial charge in [-0.1, -0.05) is 12.1 Å². The number of amides is 2. The molecule has 1 spiro atoms. The lowest BCUT2D eigenvalue weighted by Crippen LogP contribution is -2.46. The number of nitrogens with one attached hydrogen (secondary N) is 1. The normalized spacial score (nSPS) is 28.0. The molecule has 6 heteroatoms. The van der Waals surface area contributed by atoms with Crippen molar-refractivity contribution in [3.63, 3.8) is 0 Å². The fraction of sp³-hybridized carbons (Fsp3) is 0.636. The maximum Gasteiger partial charge on any atom is 0.409 e. The number of ether oxygens (including phenoxy) is 1. The predicted octanol–water partition coefficient (Wildman–Crippen LogP) is 3.29. The van der Waals surface area contributed by atoms with E-state index < -0.39 is 0 Å². The summed E-state index contributed by atoms with van der Waals surface area (Å²) in [4.78, 5) is 29.3. The smallest absolute Gasteiger partial charge is 0.409 e. The number of nitrogens with zero attached hydrogens (tertiary/aromatic N) is 2. The van der Waals surface area contributed by atoms with Gasteiger partial charge >= 0.3 is 6.09 Å². The van der Waals surface area contributed by atoms with Crippen molar-refractivity contribution in [1.82, 2.24) is 9.80 Å². The largest absolute Gasteiger partial charge is 0.450 e. The van der Waals surface area contributed by atoms with Crippen molar-refractivity contribution in [1.29, 1.82) is 0 Å². The van der Waals surface area contributed by atoms with Gasteiger partial charge in [-0.15, -0.1) is 0 Å². The Morgan fingerprint density at radius 2 is 2.00 bits per heavy atom. The van der Waals surface area contributed by atoms with Crippen LogP contribution in [-0.2, 0) is 14.9 Å². The van der Waals surface area contributed by atoms with Crippen LogP contribution in [0.5, 0.6) is 0 Å². The molecule has 4 rings (SSSR count). The highest BCUT2D eigenvalue weighted by atomic mass is 16.6. The maximum absolute atomic E-state index is 12.9. The third-order valence-electron chi connectivity index (χ3n) is 6.82. The van der Waals surface area contributed by atoms with Gasteiger partial charge in [0.2, 0.25) is 5.91 Å². The van der Waals surface area contributed by atoms with Crippen molar-refractivity contribution < 1.29 is 14.3 Å². The Labute approximate surface area is 167 Å². The van der Waals surface area contributed by atoms with Crippen LogP contribution in [0, 0.1) is 6.92 Å². The van der Waals surface area contributed by atoms with Crippen LogP contribution in [0.1, 0.15) is 50.2 Å². The van der Waals surface area contributed by atoms with Crippen LogP contribution in [0.4, 0.5) is 10.5 Å². The van der Waals surface area contributed by atoms with Crippen LogP contribution in [-0.4, -0.2) is 60.6 Å². The van der Waals surface area contributed by atoms with Gasteiger partial charge in [0.15, 0.2) is 0 Å². The van der Waals surface area contributed by atoms with Gasteiger partial charge in [-0.2, -0.15) is 0 Å². The Balaban J connectivity index is 1.41. The highest BCUT2D eigenvalue weighted by molar-refractivity contribution is 6.06. The van der Waals surface area contributed by atoms with Crippen molar-refractivity contribution in [3.05, 3.63) is 29.3 Å². The summed E-state index contributed by atoms with van der Waals surface area (Å²) >= 11 is 0. The van der Waals surface area contributed by atoms with Gasteiger partial charge in [0.25, 0.3) is 0 Å². The molecule has 1 N–H and O–H groups in total. The summed E-state index contributed by atoms with van der Waals surface area (Å²) in [5, 5.41) is 3.12. The first-order valence-electron chi connectivity index (χ1n) is 10.6. The summed E-state index contributed by atoms with van der Waals surface area (Å²) in [5.74, 6) is 0.180. The van der Waals surface area contributed by atoms with E-state index in [1.165, 1.54) is 11.1 Å². The highest BCUT2D eigenvalue weighted by Gasteiger charge is 2.49. The minimum Gasteiger partial charge on any atom is -0.450 e. The molecular weight excluding hydrogens is 354 g/mol. The number of hydrogen-bond acceptors (Lipinski definition) is 4. The molecule has 0 unspecified atom stereocenters. The number of benzene rings is 1. The van der Waals surface area contributed by atoms with E-state index >= 15 is 0 Å². The summed E-state index contributed by atoms with van der Waals surface area (Å²) in [6, 6.07) is 6.66. The molecular formula is C22H31N3O3. The number of aryl methyl sites for hydroxylation is 1. The summed E-state index contributed by atoms with van der Waals surface area (Å²) < 4.78 is 5.16. The van der Waals surface area contributed by atoms with E-state index in [0.717, 1.165) is 64.0 Å². The molecule has 2 heterocycles. The molecule has 1 aliphatic carbocycles. The van der Waals surface area contributed by atoms with Crippen LogP contribution in [0.3, 0.4) is 0 Å². The minimum absolute atomic E-state index is 0.180. The monoisotopic (exact) mass is 385 g/mol. The molecule has 2 fully saturated rings. The lowest BCUT2D eigenvalue weighted by atomic mass is 9.67. The van der Waals surface area contributed by atoms with E-state index in [9.17, 15) is 9.59 Å². The lowest BCUT2D eigenvalue weighted by molar-refractivity contribution is -0.122. The van der Waals surface area contributed by atoms with E-state index in [-0.39, 0.29) is 17.4 Å². The number of anilines is 1. The van der Waals surface area contributed by atoms with Gasteiger partial charge in [0.05, 0.1) is 12.0 Å². The number of carbonyl (C=O) groups excluding carboxylic acids is 2. The van der Waals surface area contributed by atoms with E-state index in [2.05, 4.69) is 23.2 Å². The van der Waals surface area contributed by atoms with E-state index in [0.29, 0.717) is 12.6 Å². The molecule has 1 aromatic rings. The van der Waals surface area contributed by atoms with Crippen LogP contribution in [0.15, 0.2) is 18.2 Å². The van der Waals surface area contributed by atoms with E-state index in [1.807, 2.05) is 24.0 Å². The van der Waals surface area contributed by atoms with Crippen molar-refractivity contribution in [2.75, 3.05) is 38.1 Å². The highest BCUT2D eigenvalue weighted by Crippen LogP contribution is 2.49. The van der Waals surface area contributed by atoms with Crippen molar-refractivity contribution in [3.8, 4) is 0 Å². The molecule has 28 heavy (non-hydrogen) atoms. The average Bonchev–Trinajstić information content (AvgIpc) is 2.85. The third-order valence-corrected chi connectivity index (χ3v) is 6.82. The van der Waals surface area contributed by atoms with Gasteiger partial charge in [-0.25, -0.2) is 4.79 Å². The second-order valence-electron chi connectivity index (χ2n) is 8.34. The van der Waals surface area contributed by atoms with Crippen LogP contribution in [0.2, 0.25) is 0 Å². The first kappa shape index (κ1) is 19.2. The quantitative estimate of drug-likeness (QED) is 0.849. The third kappa shape index (κ3) is 3.28. The van der Waals surface area contributed by atoms with Gasteiger partial charge in [0, 0.05) is 37.9 Å². The molecule has 0 aromatic heterocycles. The van der Waals surface area contributed by atoms with Gasteiger partial charge in [0.1, 0.15) is 0 Å². The lowest BCUT2D eigenvalue weighted by Gasteiger charge is -2.41. The van der Waals surface area contributed by atoms with Gasteiger partial charge < -0.3 is 15.0 Å². The SMILES string of the molecule is CCOC(=O)N1CCCN(C2CCC3(CC2)C(=O)Nc2cccc(C)c23)CC1. The topological polar surface area (TPSA) is 61.9 Å². The van der Waals surface area contributed by atoms with Crippen LogP contribution >= 0.6 is 0 Å². The molecule has 2 aliphatic heterocycles. The number of hydrogen-bond donors (Lipinski definition) is 1. The van der Waals surface area contributed by atoms with Crippen LogP contribution < -0.4 is 5.32 Å². The molecule has 1 saturated heterocycles. The fourth-order valence-corrected chi connectivity index (χ4v) is 5.40. The summed E-state index contributed by atoms with van der Waals surface area (Å²) in [7, 11) is 0. The zero-order valence-electron chi connectivity index (χ0n) is 17.0. The molecule has 152 valence electrons. The second kappa shape index (κ2) is 7.74. The molecule has 0 radical (unpaired) electrons. The minimum atomic E-state index is -0.347. The number of rotatable bonds is 2. The zero-order chi connectivity index (χ0) is 19.7. The fourth-order valence-electron chi connectivity index (χ4n) is 5.40. The molecule has 3 aliphatic rings. The molecule has 1 saturated carbocycles. The first-order valence-corrected chi connectivity index (χ1v) is 10.6. The number of carbonyl (C=O) groups is 2. The maximum atomic E-state index is 12.9. The van der Waals surface area contributed by atoms with E-state index in [1.54, 1.807) is 0 Å². The Kier molecular flexibility index (Phi) is 5.32. The predicted molar refractivity (Wildman–Crippen MR) is 109 cm³/mol. The summed E-state index contributed by atoms with van der Waals surface area (Å²) in [5.41, 5.74) is 3.10. The molecule has 2 amide bonds. The van der Waals surface area contributed by atoms with Gasteiger partial charge in [-0.3, -0.25) is 9.69 Å². The summed E-state index contributed by atoms with van der Waals surface area (Å²) in [6.45, 7) is 7.77. The average molecular weight is 386 g/mol. The molecule has 0 atom stereocenters. The van der Waals surface area contributed by atoms with Crippen molar-refractivity contribution in [2.45, 2.75) is 57.4 Å². The molecule has 0 bridgehead atoms. The number of fused-ring (bicyclic) bond motifs is 2. The molecule has 6 nitrogen and oxygen atoms in total. The molecule has 1 aromatic carbocycles. The zero-order valence-corrected chi connectivity index (χ0v) is 17.0. The Hall–Kier alpha value is -2.08. The van der Waals surface area contributed by atoms with E-state index in [4.69, 9.17) is 4.74 Å². The van der Waals surface area contributed by atoms with Gasteiger partial charge in [-0.05, 0) is 63.1 Å². The first-order chi connectivity index (χ1) is 13.5. The second-order valence-corrected chi connectivity index (χ2v) is 8.34.